The van der Waals surface area contributed by atoms with Gasteiger partial charge < -0.3 is 14.7 Å². The van der Waals surface area contributed by atoms with E-state index in [2.05, 4.69) is 4.90 Å². The van der Waals surface area contributed by atoms with Crippen molar-refractivity contribution in [1.29, 1.82) is 0 Å². The second-order valence-corrected chi connectivity index (χ2v) is 7.94. The Morgan fingerprint density at radius 2 is 1.76 bits per heavy atom. The molecule has 3 heterocycles. The number of hydrogen-bond acceptors (Lipinski definition) is 6. The number of carbonyl (C=O) groups excluding carboxylic acids is 2. The van der Waals surface area contributed by atoms with Crippen molar-refractivity contribution in [3.63, 3.8) is 0 Å². The summed E-state index contributed by atoms with van der Waals surface area (Å²) in [5.41, 5.74) is 1.78. The predicted octanol–water partition coefficient (Wildman–Crippen LogP) is 0.803. The molecule has 4 rings (SSSR count). The van der Waals surface area contributed by atoms with Crippen molar-refractivity contribution >= 4 is 17.4 Å². The monoisotopic (exact) mass is 399 g/mol. The van der Waals surface area contributed by atoms with Gasteiger partial charge in [-0.25, -0.2) is 0 Å². The molecule has 0 saturated carbocycles. The molecule has 0 spiro atoms. The third kappa shape index (κ3) is 4.22. The maximum atomic E-state index is 13.4. The highest BCUT2D eigenvalue weighted by molar-refractivity contribution is 6.35. The van der Waals surface area contributed by atoms with E-state index < -0.39 is 0 Å². The zero-order valence-corrected chi connectivity index (χ0v) is 16.8. The molecule has 3 aliphatic rings. The van der Waals surface area contributed by atoms with Gasteiger partial charge in [0.15, 0.2) is 0 Å². The third-order valence-electron chi connectivity index (χ3n) is 6.04. The second kappa shape index (κ2) is 9.07. The molecular weight excluding hydrogens is 370 g/mol. The first kappa shape index (κ1) is 20.1. The third-order valence-corrected chi connectivity index (χ3v) is 6.04. The molecule has 1 aromatic rings. The first-order valence-corrected chi connectivity index (χ1v) is 10.5. The first-order chi connectivity index (χ1) is 14.2. The minimum Gasteiger partial charge on any atom is -0.396 e. The lowest BCUT2D eigenvalue weighted by Gasteiger charge is -2.34. The number of imide groups is 1. The molecule has 1 N–H and O–H groups in total. The Balaban J connectivity index is 1.59. The smallest absolute Gasteiger partial charge is 0.277 e. The highest BCUT2D eigenvalue weighted by Crippen LogP contribution is 2.33. The number of rotatable bonds is 6. The fraction of sp³-hybridized carbons (Fsp3) is 0.545. The summed E-state index contributed by atoms with van der Waals surface area (Å²) in [5, 5.41) is 9.61. The minimum atomic E-state index is -0.212. The van der Waals surface area contributed by atoms with Gasteiger partial charge in [0.1, 0.15) is 5.70 Å². The van der Waals surface area contributed by atoms with Gasteiger partial charge in [-0.3, -0.25) is 19.4 Å². The minimum absolute atomic E-state index is 0.104. The van der Waals surface area contributed by atoms with E-state index in [1.54, 1.807) is 0 Å². The lowest BCUT2D eigenvalue weighted by molar-refractivity contribution is -0.138. The number of amides is 2. The molecule has 2 fully saturated rings. The second-order valence-electron chi connectivity index (χ2n) is 7.94. The average molecular weight is 399 g/mol. The van der Waals surface area contributed by atoms with E-state index in [0.29, 0.717) is 44.1 Å². The predicted molar refractivity (Wildman–Crippen MR) is 109 cm³/mol. The van der Waals surface area contributed by atoms with Crippen LogP contribution in [-0.4, -0.2) is 90.7 Å². The van der Waals surface area contributed by atoms with Crippen LogP contribution in [0.4, 0.5) is 0 Å². The highest BCUT2D eigenvalue weighted by Gasteiger charge is 2.42. The van der Waals surface area contributed by atoms with Crippen LogP contribution in [0.2, 0.25) is 0 Å². The van der Waals surface area contributed by atoms with E-state index in [1.165, 1.54) is 4.90 Å². The number of carbonyl (C=O) groups is 2. The summed E-state index contributed by atoms with van der Waals surface area (Å²) in [6.45, 7) is 5.53. The SMILES string of the molecule is O=C1C(c2ccccc2)=C(N2CCCC(CO)C2)C(=O)N1CCN1CCOCC1. The van der Waals surface area contributed by atoms with E-state index in [9.17, 15) is 14.7 Å². The normalized spacial score (nSPS) is 24.0. The van der Waals surface area contributed by atoms with Crippen LogP contribution in [0.25, 0.3) is 5.57 Å². The van der Waals surface area contributed by atoms with Crippen LogP contribution in [0.1, 0.15) is 18.4 Å². The Bertz CT molecular complexity index is 774. The topological polar surface area (TPSA) is 73.3 Å². The number of morpholine rings is 1. The van der Waals surface area contributed by atoms with Crippen molar-refractivity contribution in [3.05, 3.63) is 41.6 Å². The van der Waals surface area contributed by atoms with Crippen molar-refractivity contribution in [3.8, 4) is 0 Å². The number of aliphatic hydroxyl groups excluding tert-OH is 1. The molecule has 2 amide bonds. The maximum Gasteiger partial charge on any atom is 0.277 e. The molecule has 29 heavy (non-hydrogen) atoms. The standard InChI is InChI=1S/C22H29N3O4/c26-16-17-5-4-8-24(15-17)20-19(18-6-2-1-3-7-18)21(27)25(22(20)28)10-9-23-11-13-29-14-12-23/h1-3,6-7,17,26H,4-5,8-16H2. The van der Waals surface area contributed by atoms with E-state index in [0.717, 1.165) is 38.0 Å². The zero-order chi connectivity index (χ0) is 20.2. The Hall–Kier alpha value is -2.22. The van der Waals surface area contributed by atoms with Gasteiger partial charge in [-0.2, -0.15) is 0 Å². The molecular formula is C22H29N3O4. The van der Waals surface area contributed by atoms with Gasteiger partial charge in [0.2, 0.25) is 0 Å². The molecule has 0 radical (unpaired) electrons. The highest BCUT2D eigenvalue weighted by atomic mass is 16.5. The molecule has 0 bridgehead atoms. The molecule has 1 atom stereocenters. The van der Waals surface area contributed by atoms with Crippen molar-refractivity contribution in [1.82, 2.24) is 14.7 Å². The van der Waals surface area contributed by atoms with Crippen LogP contribution in [0, 0.1) is 5.92 Å². The molecule has 0 aromatic heterocycles. The van der Waals surface area contributed by atoms with Crippen molar-refractivity contribution in [2.75, 3.05) is 59.1 Å². The lowest BCUT2D eigenvalue weighted by Crippen LogP contribution is -2.45. The molecule has 2 saturated heterocycles. The Morgan fingerprint density at radius 1 is 1.00 bits per heavy atom. The van der Waals surface area contributed by atoms with Crippen LogP contribution in [0.3, 0.4) is 0 Å². The molecule has 3 aliphatic heterocycles. The fourth-order valence-corrected chi connectivity index (χ4v) is 4.41. The number of likely N-dealkylation sites (tertiary alicyclic amines) is 1. The summed E-state index contributed by atoms with van der Waals surface area (Å²) in [6.07, 6.45) is 1.86. The van der Waals surface area contributed by atoms with Crippen LogP contribution in [-0.2, 0) is 14.3 Å². The van der Waals surface area contributed by atoms with Gasteiger partial charge in [0.25, 0.3) is 11.8 Å². The van der Waals surface area contributed by atoms with E-state index in [-0.39, 0.29) is 24.3 Å². The van der Waals surface area contributed by atoms with Crippen LogP contribution < -0.4 is 0 Å². The van der Waals surface area contributed by atoms with Crippen LogP contribution in [0.15, 0.2) is 36.0 Å². The van der Waals surface area contributed by atoms with Crippen LogP contribution >= 0.6 is 0 Å². The van der Waals surface area contributed by atoms with Gasteiger partial charge in [-0.15, -0.1) is 0 Å². The van der Waals surface area contributed by atoms with Gasteiger partial charge in [0, 0.05) is 45.9 Å². The Kier molecular flexibility index (Phi) is 6.28. The van der Waals surface area contributed by atoms with Gasteiger partial charge >= 0.3 is 0 Å². The lowest BCUT2D eigenvalue weighted by atomic mass is 9.97. The van der Waals surface area contributed by atoms with Crippen molar-refractivity contribution in [2.45, 2.75) is 12.8 Å². The summed E-state index contributed by atoms with van der Waals surface area (Å²) in [6, 6.07) is 9.46. The van der Waals surface area contributed by atoms with Crippen LogP contribution in [0.5, 0.6) is 0 Å². The number of aliphatic hydroxyl groups is 1. The summed E-state index contributed by atoms with van der Waals surface area (Å²) >= 11 is 0. The fourth-order valence-electron chi connectivity index (χ4n) is 4.41. The van der Waals surface area contributed by atoms with E-state index >= 15 is 0 Å². The zero-order valence-electron chi connectivity index (χ0n) is 16.8. The van der Waals surface area contributed by atoms with Gasteiger partial charge in [-0.1, -0.05) is 30.3 Å². The van der Waals surface area contributed by atoms with Crippen molar-refractivity contribution < 1.29 is 19.4 Å². The summed E-state index contributed by atoms with van der Waals surface area (Å²) in [5.74, 6) is -0.283. The average Bonchev–Trinajstić information content (AvgIpc) is 3.03. The number of nitrogens with zero attached hydrogens (tertiary/aromatic N) is 3. The number of ether oxygens (including phenoxy) is 1. The molecule has 7 heteroatoms. The van der Waals surface area contributed by atoms with Gasteiger partial charge in [0.05, 0.1) is 18.8 Å². The first-order valence-electron chi connectivity index (χ1n) is 10.5. The Morgan fingerprint density at radius 3 is 2.48 bits per heavy atom. The van der Waals surface area contributed by atoms with Gasteiger partial charge in [-0.05, 0) is 24.3 Å². The molecule has 156 valence electrons. The van der Waals surface area contributed by atoms with E-state index in [1.807, 2.05) is 35.2 Å². The maximum absolute atomic E-state index is 13.4. The number of hydrogen-bond donors (Lipinski definition) is 1. The number of benzene rings is 1. The molecule has 7 nitrogen and oxygen atoms in total. The summed E-state index contributed by atoms with van der Waals surface area (Å²) in [7, 11) is 0. The molecule has 0 aliphatic carbocycles. The summed E-state index contributed by atoms with van der Waals surface area (Å²) < 4.78 is 5.38. The summed E-state index contributed by atoms with van der Waals surface area (Å²) in [4.78, 5) is 32.3. The van der Waals surface area contributed by atoms with E-state index in [4.69, 9.17) is 4.74 Å². The molecule has 1 unspecified atom stereocenters. The largest absolute Gasteiger partial charge is 0.396 e. The molecule has 1 aromatic carbocycles. The quantitative estimate of drug-likeness (QED) is 0.714. The van der Waals surface area contributed by atoms with Crippen molar-refractivity contribution in [2.24, 2.45) is 5.92 Å². The number of piperidine rings is 1. The Labute approximate surface area is 171 Å².